The number of nitro groups is 1. The normalized spacial score (nSPS) is 19.8. The van der Waals surface area contributed by atoms with Crippen LogP contribution in [-0.2, 0) is 9.53 Å². The third-order valence-electron chi connectivity index (χ3n) is 4.05. The van der Waals surface area contributed by atoms with E-state index in [1.54, 1.807) is 12.1 Å². The van der Waals surface area contributed by atoms with Gasteiger partial charge < -0.3 is 9.64 Å². The number of nitrogens with zero attached hydrogens (tertiary/aromatic N) is 3. The molecule has 1 amide bonds. The summed E-state index contributed by atoms with van der Waals surface area (Å²) in [6.45, 7) is 4.99. The second-order valence-electron chi connectivity index (χ2n) is 5.53. The van der Waals surface area contributed by atoms with Crippen molar-refractivity contribution in [2.24, 2.45) is 0 Å². The van der Waals surface area contributed by atoms with E-state index >= 15 is 0 Å². The summed E-state index contributed by atoms with van der Waals surface area (Å²) in [5, 5.41) is 11.1. The molecule has 0 N–H and O–H groups in total. The maximum Gasteiger partial charge on any atom is 0.270 e. The summed E-state index contributed by atoms with van der Waals surface area (Å²) < 4.78 is 5.88. The number of ether oxygens (including phenoxy) is 1. The predicted molar refractivity (Wildman–Crippen MR) is 102 cm³/mol. The summed E-state index contributed by atoms with van der Waals surface area (Å²) in [5.74, 6) is -0.156. The molecule has 132 valence electrons. The van der Waals surface area contributed by atoms with E-state index in [4.69, 9.17) is 17.0 Å². The minimum atomic E-state index is -0.433. The summed E-state index contributed by atoms with van der Waals surface area (Å²) in [4.78, 5) is 27.3. The smallest absolute Gasteiger partial charge is 0.270 e. The molecule has 2 fully saturated rings. The third kappa shape index (κ3) is 3.68. The number of carbonyl (C=O) groups excluding carboxylic acids is 1. The first-order valence-corrected chi connectivity index (χ1v) is 9.10. The van der Waals surface area contributed by atoms with E-state index < -0.39 is 4.92 Å². The van der Waals surface area contributed by atoms with Crippen molar-refractivity contribution in [2.75, 3.05) is 37.7 Å². The molecule has 3 rings (SSSR count). The monoisotopic (exact) mass is 379 g/mol. The molecule has 2 aliphatic heterocycles. The second-order valence-corrected chi connectivity index (χ2v) is 7.20. The number of amides is 1. The maximum absolute atomic E-state index is 12.4. The third-order valence-corrected chi connectivity index (χ3v) is 5.43. The van der Waals surface area contributed by atoms with Crippen molar-refractivity contribution in [3.05, 3.63) is 38.8 Å². The van der Waals surface area contributed by atoms with Crippen LogP contribution in [0.4, 0.5) is 11.4 Å². The first-order valence-electron chi connectivity index (χ1n) is 7.87. The number of morpholine rings is 1. The van der Waals surface area contributed by atoms with Crippen molar-refractivity contribution in [1.29, 1.82) is 0 Å². The van der Waals surface area contributed by atoms with Gasteiger partial charge in [-0.25, -0.2) is 0 Å². The lowest BCUT2D eigenvalue weighted by molar-refractivity contribution is -0.384. The van der Waals surface area contributed by atoms with Crippen LogP contribution in [-0.4, -0.2) is 52.9 Å². The summed E-state index contributed by atoms with van der Waals surface area (Å²) >= 11 is 6.45. The number of likely N-dealkylation sites (N-methyl/N-ethyl adjacent to an activating group) is 1. The van der Waals surface area contributed by atoms with Crippen LogP contribution >= 0.6 is 24.0 Å². The SMILES string of the molecule is CCN1C(=O)C(=Cc2cc([N+](=O)[O-])ccc2N2CCOCC2)SC1=S. The number of anilines is 1. The summed E-state index contributed by atoms with van der Waals surface area (Å²) in [7, 11) is 0. The largest absolute Gasteiger partial charge is 0.378 e. The minimum absolute atomic E-state index is 0.00534. The van der Waals surface area contributed by atoms with E-state index in [2.05, 4.69) is 4.90 Å². The van der Waals surface area contributed by atoms with Crippen LogP contribution < -0.4 is 4.90 Å². The Morgan fingerprint density at radius 3 is 2.72 bits per heavy atom. The van der Waals surface area contributed by atoms with Crippen LogP contribution in [0.1, 0.15) is 12.5 Å². The highest BCUT2D eigenvalue weighted by Crippen LogP contribution is 2.35. The summed E-state index contributed by atoms with van der Waals surface area (Å²) in [5.41, 5.74) is 1.50. The van der Waals surface area contributed by atoms with Crippen LogP contribution in [0.15, 0.2) is 23.1 Å². The van der Waals surface area contributed by atoms with Crippen molar-refractivity contribution < 1.29 is 14.5 Å². The van der Waals surface area contributed by atoms with Crippen molar-refractivity contribution in [2.45, 2.75) is 6.92 Å². The molecule has 25 heavy (non-hydrogen) atoms. The number of carbonyl (C=O) groups is 1. The van der Waals surface area contributed by atoms with Gasteiger partial charge in [-0.3, -0.25) is 19.8 Å². The maximum atomic E-state index is 12.4. The number of hydrogen-bond donors (Lipinski definition) is 0. The fourth-order valence-corrected chi connectivity index (χ4v) is 4.15. The molecule has 9 heteroatoms. The number of benzene rings is 1. The molecule has 0 aromatic heterocycles. The lowest BCUT2D eigenvalue weighted by Gasteiger charge is -2.30. The molecule has 1 aromatic carbocycles. The zero-order valence-corrected chi connectivity index (χ0v) is 15.3. The van der Waals surface area contributed by atoms with Crippen LogP contribution in [0, 0.1) is 10.1 Å². The lowest BCUT2D eigenvalue weighted by Crippen LogP contribution is -2.36. The van der Waals surface area contributed by atoms with E-state index in [1.165, 1.54) is 28.8 Å². The Hall–Kier alpha value is -1.97. The average molecular weight is 379 g/mol. The van der Waals surface area contributed by atoms with Crippen molar-refractivity contribution in [1.82, 2.24) is 4.90 Å². The molecule has 2 saturated heterocycles. The Morgan fingerprint density at radius 2 is 2.12 bits per heavy atom. The van der Waals surface area contributed by atoms with Gasteiger partial charge in [-0.05, 0) is 19.1 Å². The van der Waals surface area contributed by atoms with Crippen LogP contribution in [0.25, 0.3) is 6.08 Å². The Kier molecular flexibility index (Phi) is 5.36. The Morgan fingerprint density at radius 1 is 1.40 bits per heavy atom. The minimum Gasteiger partial charge on any atom is -0.378 e. The fraction of sp³-hybridized carbons (Fsp3) is 0.375. The van der Waals surface area contributed by atoms with Gasteiger partial charge in [0.2, 0.25) is 0 Å². The molecular weight excluding hydrogens is 362 g/mol. The summed E-state index contributed by atoms with van der Waals surface area (Å²) in [6.07, 6.45) is 1.70. The number of thioether (sulfide) groups is 1. The fourth-order valence-electron chi connectivity index (χ4n) is 2.78. The molecule has 2 heterocycles. The van der Waals surface area contributed by atoms with E-state index in [9.17, 15) is 14.9 Å². The van der Waals surface area contributed by atoms with E-state index in [-0.39, 0.29) is 11.6 Å². The summed E-state index contributed by atoms with van der Waals surface area (Å²) in [6, 6.07) is 4.72. The zero-order valence-electron chi connectivity index (χ0n) is 13.6. The zero-order chi connectivity index (χ0) is 18.0. The van der Waals surface area contributed by atoms with Crippen molar-refractivity contribution in [3.63, 3.8) is 0 Å². The van der Waals surface area contributed by atoms with Gasteiger partial charge in [0.15, 0.2) is 0 Å². The van der Waals surface area contributed by atoms with Gasteiger partial charge >= 0.3 is 0 Å². The lowest BCUT2D eigenvalue weighted by atomic mass is 10.1. The van der Waals surface area contributed by atoms with Gasteiger partial charge in [-0.15, -0.1) is 0 Å². The molecule has 0 unspecified atom stereocenters. The standard InChI is InChI=1S/C16H17N3O4S2/c1-2-18-15(20)14(25-16(18)24)10-11-9-12(19(21)22)3-4-13(11)17-5-7-23-8-6-17/h3-4,9-10H,2,5-8H2,1H3. The molecule has 0 atom stereocenters. The van der Waals surface area contributed by atoms with Gasteiger partial charge in [-0.1, -0.05) is 24.0 Å². The van der Waals surface area contributed by atoms with Crippen molar-refractivity contribution in [3.8, 4) is 0 Å². The van der Waals surface area contributed by atoms with E-state index in [0.29, 0.717) is 47.6 Å². The van der Waals surface area contributed by atoms with Crippen LogP contribution in [0.5, 0.6) is 0 Å². The molecule has 0 aliphatic carbocycles. The highest BCUT2D eigenvalue weighted by molar-refractivity contribution is 8.26. The molecule has 7 nitrogen and oxygen atoms in total. The van der Waals surface area contributed by atoms with Gasteiger partial charge in [0.1, 0.15) is 4.32 Å². The number of nitro benzene ring substituents is 1. The molecule has 0 bridgehead atoms. The Bertz CT molecular complexity index is 760. The predicted octanol–water partition coefficient (Wildman–Crippen LogP) is 2.65. The van der Waals surface area contributed by atoms with Gasteiger partial charge in [0, 0.05) is 43.0 Å². The molecule has 0 spiro atoms. The topological polar surface area (TPSA) is 75.9 Å². The van der Waals surface area contributed by atoms with Crippen LogP contribution in [0.2, 0.25) is 0 Å². The second kappa shape index (κ2) is 7.51. The first-order chi connectivity index (χ1) is 12.0. The first kappa shape index (κ1) is 17.8. The molecule has 2 aliphatic rings. The number of hydrogen-bond acceptors (Lipinski definition) is 7. The van der Waals surface area contributed by atoms with Gasteiger partial charge in [0.05, 0.1) is 23.0 Å². The Balaban J connectivity index is 2.02. The van der Waals surface area contributed by atoms with Gasteiger partial charge in [0.25, 0.3) is 11.6 Å². The number of rotatable bonds is 4. The quantitative estimate of drug-likeness (QED) is 0.344. The van der Waals surface area contributed by atoms with E-state index in [1.807, 2.05) is 6.92 Å². The molecule has 0 saturated carbocycles. The van der Waals surface area contributed by atoms with E-state index in [0.717, 1.165) is 5.69 Å². The van der Waals surface area contributed by atoms with Crippen LogP contribution in [0.3, 0.4) is 0 Å². The van der Waals surface area contributed by atoms with Gasteiger partial charge in [-0.2, -0.15) is 0 Å². The molecular formula is C16H17N3O4S2. The number of thiocarbonyl (C=S) groups is 1. The van der Waals surface area contributed by atoms with Crippen molar-refractivity contribution >= 4 is 51.7 Å². The highest BCUT2D eigenvalue weighted by Gasteiger charge is 2.31. The highest BCUT2D eigenvalue weighted by atomic mass is 32.2. The average Bonchev–Trinajstić information content (AvgIpc) is 2.88. The number of non-ortho nitro benzene ring substituents is 1. The molecule has 1 aromatic rings. The Labute approximate surface area is 154 Å². The molecule has 0 radical (unpaired) electrons.